The predicted octanol–water partition coefficient (Wildman–Crippen LogP) is 3.63. The normalized spacial score (nSPS) is 16.9. The molecule has 1 amide bonds. The van der Waals surface area contributed by atoms with Crippen molar-refractivity contribution in [3.63, 3.8) is 0 Å². The average molecular weight is 536 g/mol. The van der Waals surface area contributed by atoms with Gasteiger partial charge in [0.25, 0.3) is 5.91 Å². The molecule has 1 fully saturated rings. The van der Waals surface area contributed by atoms with Crippen LogP contribution in [0.25, 0.3) is 0 Å². The number of nitrogens with one attached hydrogen (secondary N) is 1. The zero-order valence-corrected chi connectivity index (χ0v) is 22.1. The summed E-state index contributed by atoms with van der Waals surface area (Å²) in [5.41, 5.74) is 2.48. The SMILES string of the molecule is O=C(NCc1cccnc1)C(CCc1ccccc1)OC(=O)[C@H]1CCCCN1S(=O)(=O)Cc1ccccc1. The maximum Gasteiger partial charge on any atom is 0.325 e. The number of benzene rings is 2. The second-order valence-corrected chi connectivity index (χ2v) is 11.3. The number of pyridine rings is 1. The van der Waals surface area contributed by atoms with E-state index in [1.54, 1.807) is 42.7 Å². The molecule has 2 aromatic carbocycles. The van der Waals surface area contributed by atoms with Gasteiger partial charge in [-0.25, -0.2) is 8.42 Å². The van der Waals surface area contributed by atoms with Gasteiger partial charge >= 0.3 is 5.97 Å². The lowest BCUT2D eigenvalue weighted by molar-refractivity contribution is -0.160. The number of carbonyl (C=O) groups excluding carboxylic acids is 2. The van der Waals surface area contributed by atoms with Gasteiger partial charge in [-0.2, -0.15) is 4.31 Å². The molecule has 0 radical (unpaired) electrons. The van der Waals surface area contributed by atoms with Crippen LogP contribution >= 0.6 is 0 Å². The number of rotatable bonds is 11. The zero-order chi connectivity index (χ0) is 26.8. The van der Waals surface area contributed by atoms with Crippen LogP contribution in [-0.2, 0) is 43.1 Å². The Morgan fingerprint density at radius 1 is 0.947 bits per heavy atom. The van der Waals surface area contributed by atoms with Crippen molar-refractivity contribution >= 4 is 21.9 Å². The molecule has 9 heteroatoms. The van der Waals surface area contributed by atoms with Crippen LogP contribution in [0.1, 0.15) is 42.4 Å². The highest BCUT2D eigenvalue weighted by Crippen LogP contribution is 2.25. The number of nitrogens with zero attached hydrogens (tertiary/aromatic N) is 2. The molecule has 0 saturated carbocycles. The third-order valence-corrected chi connectivity index (χ3v) is 8.40. The molecule has 1 saturated heterocycles. The summed E-state index contributed by atoms with van der Waals surface area (Å²) in [5, 5.41) is 2.83. The maximum absolute atomic E-state index is 13.4. The van der Waals surface area contributed by atoms with E-state index in [0.717, 1.165) is 11.1 Å². The lowest BCUT2D eigenvalue weighted by atomic mass is 10.0. The van der Waals surface area contributed by atoms with Crippen molar-refractivity contribution in [1.82, 2.24) is 14.6 Å². The minimum absolute atomic E-state index is 0.194. The number of aromatic nitrogens is 1. The van der Waals surface area contributed by atoms with Gasteiger partial charge < -0.3 is 10.1 Å². The number of piperidine rings is 1. The fourth-order valence-electron chi connectivity index (χ4n) is 4.55. The molecule has 2 atom stereocenters. The van der Waals surface area contributed by atoms with E-state index in [2.05, 4.69) is 10.3 Å². The van der Waals surface area contributed by atoms with Gasteiger partial charge in [-0.3, -0.25) is 14.6 Å². The van der Waals surface area contributed by atoms with Gasteiger partial charge in [-0.15, -0.1) is 0 Å². The number of sulfonamides is 1. The average Bonchev–Trinajstić information content (AvgIpc) is 2.95. The van der Waals surface area contributed by atoms with E-state index in [1.165, 1.54) is 4.31 Å². The van der Waals surface area contributed by atoms with E-state index in [1.807, 2.05) is 42.5 Å². The molecule has 0 bridgehead atoms. The molecule has 38 heavy (non-hydrogen) atoms. The number of hydrogen-bond donors (Lipinski definition) is 1. The summed E-state index contributed by atoms with van der Waals surface area (Å²) in [6.07, 6.45) is 4.79. The molecule has 3 aromatic rings. The quantitative estimate of drug-likeness (QED) is 0.376. The first-order valence-electron chi connectivity index (χ1n) is 12.9. The van der Waals surface area contributed by atoms with Crippen molar-refractivity contribution in [3.8, 4) is 0 Å². The van der Waals surface area contributed by atoms with Gasteiger partial charge in [0.15, 0.2) is 6.10 Å². The first kappa shape index (κ1) is 27.5. The number of carbonyl (C=O) groups is 2. The van der Waals surface area contributed by atoms with Gasteiger partial charge in [0.2, 0.25) is 10.0 Å². The first-order chi connectivity index (χ1) is 18.4. The van der Waals surface area contributed by atoms with Crippen LogP contribution in [0.4, 0.5) is 0 Å². The highest BCUT2D eigenvalue weighted by Gasteiger charge is 2.39. The number of ether oxygens (including phenoxy) is 1. The zero-order valence-electron chi connectivity index (χ0n) is 21.2. The molecule has 0 spiro atoms. The minimum Gasteiger partial charge on any atom is -0.451 e. The van der Waals surface area contributed by atoms with Crippen LogP contribution in [-0.4, -0.2) is 48.3 Å². The smallest absolute Gasteiger partial charge is 0.325 e. The Kier molecular flexibility index (Phi) is 9.62. The lowest BCUT2D eigenvalue weighted by Crippen LogP contribution is -2.50. The van der Waals surface area contributed by atoms with Crippen molar-refractivity contribution in [3.05, 3.63) is 102 Å². The molecule has 4 rings (SSSR count). The third-order valence-electron chi connectivity index (χ3n) is 6.55. The van der Waals surface area contributed by atoms with Gasteiger partial charge in [0, 0.05) is 25.5 Å². The molecule has 0 aliphatic carbocycles. The molecule has 1 aromatic heterocycles. The molecular formula is C29H33N3O5S. The van der Waals surface area contributed by atoms with E-state index in [4.69, 9.17) is 4.74 Å². The summed E-state index contributed by atoms with van der Waals surface area (Å²) in [5.74, 6) is -1.30. The van der Waals surface area contributed by atoms with Gasteiger partial charge in [0.1, 0.15) is 6.04 Å². The molecule has 1 aliphatic rings. The third kappa shape index (κ3) is 7.72. The topological polar surface area (TPSA) is 106 Å². The van der Waals surface area contributed by atoms with E-state index in [-0.39, 0.29) is 25.3 Å². The number of esters is 1. The van der Waals surface area contributed by atoms with Crippen molar-refractivity contribution in [1.29, 1.82) is 0 Å². The summed E-state index contributed by atoms with van der Waals surface area (Å²) >= 11 is 0. The maximum atomic E-state index is 13.4. The van der Waals surface area contributed by atoms with Gasteiger partial charge in [-0.1, -0.05) is 66.7 Å². The van der Waals surface area contributed by atoms with Crippen molar-refractivity contribution in [2.45, 2.75) is 56.5 Å². The predicted molar refractivity (Wildman–Crippen MR) is 144 cm³/mol. The number of amides is 1. The Morgan fingerprint density at radius 3 is 2.32 bits per heavy atom. The second-order valence-electron chi connectivity index (χ2n) is 9.39. The number of aryl methyl sites for hydroxylation is 1. The first-order valence-corrected chi connectivity index (χ1v) is 14.5. The summed E-state index contributed by atoms with van der Waals surface area (Å²) in [7, 11) is -3.76. The molecular weight excluding hydrogens is 502 g/mol. The summed E-state index contributed by atoms with van der Waals surface area (Å²) in [6, 6.07) is 21.2. The van der Waals surface area contributed by atoms with Crippen LogP contribution in [0.3, 0.4) is 0 Å². The van der Waals surface area contributed by atoms with Crippen molar-refractivity contribution < 1.29 is 22.7 Å². The molecule has 200 valence electrons. The van der Waals surface area contributed by atoms with Crippen LogP contribution in [0.15, 0.2) is 85.2 Å². The van der Waals surface area contributed by atoms with Crippen molar-refractivity contribution in [2.24, 2.45) is 0 Å². The monoisotopic (exact) mass is 535 g/mol. The summed E-state index contributed by atoms with van der Waals surface area (Å²) < 4.78 is 33.6. The van der Waals surface area contributed by atoms with E-state index in [0.29, 0.717) is 31.2 Å². The van der Waals surface area contributed by atoms with Crippen LogP contribution in [0.5, 0.6) is 0 Å². The second kappa shape index (κ2) is 13.3. The van der Waals surface area contributed by atoms with Crippen LogP contribution < -0.4 is 5.32 Å². The summed E-state index contributed by atoms with van der Waals surface area (Å²) in [4.78, 5) is 30.6. The minimum atomic E-state index is -3.76. The van der Waals surface area contributed by atoms with Gasteiger partial charge in [0.05, 0.1) is 5.75 Å². The fraction of sp³-hybridized carbons (Fsp3) is 0.345. The van der Waals surface area contributed by atoms with Crippen LogP contribution in [0.2, 0.25) is 0 Å². The number of hydrogen-bond acceptors (Lipinski definition) is 6. The Hall–Kier alpha value is -3.56. The highest BCUT2D eigenvalue weighted by molar-refractivity contribution is 7.88. The molecule has 2 heterocycles. The van der Waals surface area contributed by atoms with Crippen LogP contribution in [0, 0.1) is 0 Å². The standard InChI is InChI=1S/C29H33N3O5S/c33-28(31-21-25-14-9-18-30-20-25)27(17-16-23-10-3-1-4-11-23)37-29(34)26-15-7-8-19-32(26)38(35,36)22-24-12-5-2-6-13-24/h1-6,9-14,18,20,26-27H,7-8,15-17,19,21-22H2,(H,31,33)/t26-,27?/m1/s1. The van der Waals surface area contributed by atoms with Gasteiger partial charge in [-0.05, 0) is 54.9 Å². The Labute approximate surface area is 224 Å². The Bertz CT molecular complexity index is 1290. The molecule has 1 unspecified atom stereocenters. The van der Waals surface area contributed by atoms with E-state index >= 15 is 0 Å². The highest BCUT2D eigenvalue weighted by atomic mass is 32.2. The molecule has 1 N–H and O–H groups in total. The van der Waals surface area contributed by atoms with E-state index in [9.17, 15) is 18.0 Å². The van der Waals surface area contributed by atoms with E-state index < -0.39 is 34.0 Å². The van der Waals surface area contributed by atoms with Crippen molar-refractivity contribution in [2.75, 3.05) is 6.54 Å². The Morgan fingerprint density at radius 2 is 1.63 bits per heavy atom. The fourth-order valence-corrected chi connectivity index (χ4v) is 6.32. The Balaban J connectivity index is 1.47. The lowest BCUT2D eigenvalue weighted by Gasteiger charge is -2.34. The molecule has 1 aliphatic heterocycles. The molecule has 8 nitrogen and oxygen atoms in total. The largest absolute Gasteiger partial charge is 0.451 e. The summed E-state index contributed by atoms with van der Waals surface area (Å²) in [6.45, 7) is 0.490.